The van der Waals surface area contributed by atoms with Gasteiger partial charge < -0.3 is 9.88 Å². The minimum atomic E-state index is 1.12. The second-order valence-electron chi connectivity index (χ2n) is 2.77. The first-order valence-electron chi connectivity index (χ1n) is 3.55. The quantitative estimate of drug-likeness (QED) is 0.663. The van der Waals surface area contributed by atoms with Gasteiger partial charge in [-0.25, -0.2) is 0 Å². The van der Waals surface area contributed by atoms with Gasteiger partial charge in [-0.15, -0.1) is 0 Å². The molecule has 0 spiro atoms. The third kappa shape index (κ3) is 2.23. The van der Waals surface area contributed by atoms with Gasteiger partial charge in [-0.3, -0.25) is 0 Å². The Morgan fingerprint density at radius 2 is 2.30 bits per heavy atom. The van der Waals surface area contributed by atoms with E-state index in [2.05, 4.69) is 30.0 Å². The largest absolute Gasteiger partial charge is 0.367 e. The maximum Gasteiger partial charge on any atom is 0.00378 e. The Hall–Kier alpha value is -0.760. The van der Waals surface area contributed by atoms with E-state index in [1.165, 1.54) is 5.56 Å². The fourth-order valence-electron chi connectivity index (χ4n) is 0.867. The van der Waals surface area contributed by atoms with Gasteiger partial charge in [-0.05, 0) is 32.1 Å². The normalized spacial score (nSPS) is 10.7. The molecule has 2 heteroatoms. The van der Waals surface area contributed by atoms with Crippen molar-refractivity contribution >= 4 is 0 Å². The van der Waals surface area contributed by atoms with Gasteiger partial charge in [-0.1, -0.05) is 0 Å². The molecule has 0 radical (unpaired) electrons. The molecule has 0 aromatic carbocycles. The Morgan fingerprint density at radius 3 is 2.80 bits per heavy atom. The Balaban J connectivity index is 2.28. The van der Waals surface area contributed by atoms with Crippen LogP contribution in [-0.2, 0) is 6.42 Å². The highest BCUT2D eigenvalue weighted by Crippen LogP contribution is 1.97. The van der Waals surface area contributed by atoms with Gasteiger partial charge in [0, 0.05) is 18.9 Å². The second kappa shape index (κ2) is 3.42. The molecule has 0 aliphatic carbocycles. The number of rotatable bonds is 3. The smallest absolute Gasteiger partial charge is 0.00378 e. The predicted octanol–water partition coefficient (Wildman–Crippen LogP) is 1.12. The maximum absolute atomic E-state index is 3.03. The van der Waals surface area contributed by atoms with Gasteiger partial charge in [0.1, 0.15) is 0 Å². The molecule has 10 heavy (non-hydrogen) atoms. The molecule has 0 aliphatic heterocycles. The van der Waals surface area contributed by atoms with E-state index in [0.29, 0.717) is 0 Å². The number of hydrogen-bond acceptors (Lipinski definition) is 1. The van der Waals surface area contributed by atoms with Gasteiger partial charge in [0.05, 0.1) is 0 Å². The molecule has 1 heterocycles. The SMILES string of the molecule is CN(C)CCc1cc[nH]c1. The number of nitrogens with zero attached hydrogens (tertiary/aromatic N) is 1. The van der Waals surface area contributed by atoms with E-state index in [0.717, 1.165) is 13.0 Å². The lowest BCUT2D eigenvalue weighted by atomic mass is 10.2. The summed E-state index contributed by atoms with van der Waals surface area (Å²) >= 11 is 0. The highest BCUT2D eigenvalue weighted by Gasteiger charge is 1.92. The fourth-order valence-corrected chi connectivity index (χ4v) is 0.867. The summed E-state index contributed by atoms with van der Waals surface area (Å²) in [5.41, 5.74) is 1.38. The van der Waals surface area contributed by atoms with E-state index in [1.54, 1.807) is 0 Å². The Bertz CT molecular complexity index is 165. The fraction of sp³-hybridized carbons (Fsp3) is 0.500. The number of aromatic amines is 1. The monoisotopic (exact) mass is 138 g/mol. The standard InChI is InChI=1S/C8H14N2/c1-10(2)6-4-8-3-5-9-7-8/h3,5,7,9H,4,6H2,1-2H3. The number of likely N-dealkylation sites (N-methyl/N-ethyl adjacent to an activating group) is 1. The van der Waals surface area contributed by atoms with Crippen LogP contribution in [0.1, 0.15) is 5.56 Å². The number of aromatic nitrogens is 1. The van der Waals surface area contributed by atoms with Crippen molar-refractivity contribution in [2.75, 3.05) is 20.6 Å². The van der Waals surface area contributed by atoms with Crippen LogP contribution in [0, 0.1) is 0 Å². The van der Waals surface area contributed by atoms with E-state index in [1.807, 2.05) is 12.4 Å². The van der Waals surface area contributed by atoms with Crippen molar-refractivity contribution in [3.8, 4) is 0 Å². The summed E-state index contributed by atoms with van der Waals surface area (Å²) in [7, 11) is 4.18. The van der Waals surface area contributed by atoms with Crippen LogP contribution in [0.5, 0.6) is 0 Å². The van der Waals surface area contributed by atoms with Crippen molar-refractivity contribution in [1.29, 1.82) is 0 Å². The van der Waals surface area contributed by atoms with Gasteiger partial charge in [0.2, 0.25) is 0 Å². The van der Waals surface area contributed by atoms with Gasteiger partial charge in [0.25, 0.3) is 0 Å². The summed E-state index contributed by atoms with van der Waals surface area (Å²) in [6.45, 7) is 1.12. The lowest BCUT2D eigenvalue weighted by Crippen LogP contribution is -2.14. The van der Waals surface area contributed by atoms with Crippen LogP contribution in [0.2, 0.25) is 0 Å². The summed E-state index contributed by atoms with van der Waals surface area (Å²) in [6, 6.07) is 2.11. The number of hydrogen-bond donors (Lipinski definition) is 1. The van der Waals surface area contributed by atoms with E-state index in [4.69, 9.17) is 0 Å². The summed E-state index contributed by atoms with van der Waals surface area (Å²) in [6.07, 6.45) is 5.14. The average molecular weight is 138 g/mol. The number of H-pyrrole nitrogens is 1. The zero-order valence-corrected chi connectivity index (χ0v) is 6.59. The van der Waals surface area contributed by atoms with Gasteiger partial charge in [-0.2, -0.15) is 0 Å². The van der Waals surface area contributed by atoms with Crippen molar-refractivity contribution in [2.24, 2.45) is 0 Å². The summed E-state index contributed by atoms with van der Waals surface area (Å²) in [5, 5.41) is 0. The zero-order chi connectivity index (χ0) is 7.40. The van der Waals surface area contributed by atoms with E-state index < -0.39 is 0 Å². The lowest BCUT2D eigenvalue weighted by Gasteiger charge is -2.06. The molecule has 0 unspecified atom stereocenters. The topological polar surface area (TPSA) is 19.0 Å². The molecule has 0 aliphatic rings. The highest BCUT2D eigenvalue weighted by atomic mass is 15.0. The summed E-state index contributed by atoms with van der Waals surface area (Å²) in [5.74, 6) is 0. The average Bonchev–Trinajstić information content (AvgIpc) is 2.34. The van der Waals surface area contributed by atoms with Crippen molar-refractivity contribution in [3.05, 3.63) is 24.0 Å². The van der Waals surface area contributed by atoms with Crippen LogP contribution < -0.4 is 0 Å². The third-order valence-electron chi connectivity index (χ3n) is 1.51. The molecule has 0 bridgehead atoms. The molecular weight excluding hydrogens is 124 g/mol. The molecule has 0 atom stereocenters. The zero-order valence-electron chi connectivity index (χ0n) is 6.59. The van der Waals surface area contributed by atoms with Crippen LogP contribution >= 0.6 is 0 Å². The minimum absolute atomic E-state index is 1.12. The molecule has 2 nitrogen and oxygen atoms in total. The maximum atomic E-state index is 3.03. The Labute approximate surface area is 61.9 Å². The third-order valence-corrected chi connectivity index (χ3v) is 1.51. The van der Waals surface area contributed by atoms with Gasteiger partial charge in [0.15, 0.2) is 0 Å². The Kier molecular flexibility index (Phi) is 2.51. The van der Waals surface area contributed by atoms with E-state index >= 15 is 0 Å². The van der Waals surface area contributed by atoms with E-state index in [-0.39, 0.29) is 0 Å². The molecule has 1 aromatic rings. The molecule has 1 aromatic heterocycles. The Morgan fingerprint density at radius 1 is 1.50 bits per heavy atom. The molecule has 0 saturated heterocycles. The molecule has 56 valence electrons. The summed E-state index contributed by atoms with van der Waals surface area (Å²) < 4.78 is 0. The van der Waals surface area contributed by atoms with Crippen molar-refractivity contribution in [3.63, 3.8) is 0 Å². The van der Waals surface area contributed by atoms with Crippen molar-refractivity contribution in [2.45, 2.75) is 6.42 Å². The first-order valence-corrected chi connectivity index (χ1v) is 3.55. The van der Waals surface area contributed by atoms with Gasteiger partial charge >= 0.3 is 0 Å². The van der Waals surface area contributed by atoms with Crippen molar-refractivity contribution < 1.29 is 0 Å². The highest BCUT2D eigenvalue weighted by molar-refractivity contribution is 5.08. The van der Waals surface area contributed by atoms with Crippen molar-refractivity contribution in [1.82, 2.24) is 9.88 Å². The second-order valence-corrected chi connectivity index (χ2v) is 2.77. The van der Waals surface area contributed by atoms with Crippen LogP contribution in [-0.4, -0.2) is 30.5 Å². The first-order chi connectivity index (χ1) is 4.79. The van der Waals surface area contributed by atoms with Crippen LogP contribution in [0.25, 0.3) is 0 Å². The molecule has 1 N–H and O–H groups in total. The molecule has 1 rings (SSSR count). The summed E-state index contributed by atoms with van der Waals surface area (Å²) in [4.78, 5) is 5.22. The molecule has 0 saturated carbocycles. The first kappa shape index (κ1) is 7.35. The molecule has 0 fully saturated rings. The van der Waals surface area contributed by atoms with Crippen LogP contribution in [0.15, 0.2) is 18.5 Å². The predicted molar refractivity (Wildman–Crippen MR) is 43.1 cm³/mol. The molecular formula is C8H14N2. The van der Waals surface area contributed by atoms with Crippen LogP contribution in [0.3, 0.4) is 0 Å². The minimum Gasteiger partial charge on any atom is -0.367 e. The number of nitrogens with one attached hydrogen (secondary N) is 1. The molecule has 0 amide bonds. The van der Waals surface area contributed by atoms with E-state index in [9.17, 15) is 0 Å². The van der Waals surface area contributed by atoms with Crippen LogP contribution in [0.4, 0.5) is 0 Å². The lowest BCUT2D eigenvalue weighted by molar-refractivity contribution is 0.414.